The van der Waals surface area contributed by atoms with Gasteiger partial charge in [-0.2, -0.15) is 0 Å². The van der Waals surface area contributed by atoms with Crippen LogP contribution < -0.4 is 5.32 Å². The molecule has 0 spiro atoms. The van der Waals surface area contributed by atoms with Crippen molar-refractivity contribution in [3.8, 4) is 0 Å². The van der Waals surface area contributed by atoms with Crippen LogP contribution in [-0.4, -0.2) is 31.1 Å². The van der Waals surface area contributed by atoms with Crippen molar-refractivity contribution in [2.75, 3.05) is 20.1 Å². The highest BCUT2D eigenvalue weighted by Crippen LogP contribution is 2.23. The summed E-state index contributed by atoms with van der Waals surface area (Å²) in [5.41, 5.74) is 1.15. The Hall–Kier alpha value is -0.280. The predicted octanol–water partition coefficient (Wildman–Crippen LogP) is 3.18. The lowest BCUT2D eigenvalue weighted by Gasteiger charge is -2.31. The third-order valence-electron chi connectivity index (χ3n) is 3.37. The molecule has 0 atom stereocenters. The molecule has 1 aliphatic rings. The van der Waals surface area contributed by atoms with E-state index >= 15 is 0 Å². The van der Waals surface area contributed by atoms with Gasteiger partial charge in [0.05, 0.1) is 0 Å². The fraction of sp³-hybridized carbons (Fsp3) is 0.538. The number of piperidine rings is 1. The molecule has 1 fully saturated rings. The number of rotatable bonds is 3. The van der Waals surface area contributed by atoms with Crippen LogP contribution in [-0.2, 0) is 6.54 Å². The van der Waals surface area contributed by atoms with Crippen LogP contribution >= 0.6 is 23.2 Å². The second kappa shape index (κ2) is 6.05. The van der Waals surface area contributed by atoms with Crippen molar-refractivity contribution in [1.82, 2.24) is 10.2 Å². The van der Waals surface area contributed by atoms with E-state index < -0.39 is 0 Å². The Labute approximate surface area is 113 Å². The lowest BCUT2D eigenvalue weighted by Crippen LogP contribution is -2.40. The Bertz CT molecular complexity index is 376. The molecule has 2 rings (SSSR count). The first-order chi connectivity index (χ1) is 8.16. The molecule has 1 aliphatic heterocycles. The number of hydrogen-bond donors (Lipinski definition) is 1. The number of nitrogens with one attached hydrogen (secondary N) is 1. The van der Waals surface area contributed by atoms with Crippen LogP contribution in [0.15, 0.2) is 18.2 Å². The minimum absolute atomic E-state index is 0.656. The molecule has 1 heterocycles. The number of nitrogens with zero attached hydrogens (tertiary/aromatic N) is 1. The Kier molecular flexibility index (Phi) is 4.69. The summed E-state index contributed by atoms with van der Waals surface area (Å²) in [5, 5.41) is 4.84. The van der Waals surface area contributed by atoms with Crippen LogP contribution in [0.4, 0.5) is 0 Å². The lowest BCUT2D eigenvalue weighted by molar-refractivity contribution is 0.192. The second-order valence-electron chi connectivity index (χ2n) is 4.63. The molecule has 0 bridgehead atoms. The zero-order valence-electron chi connectivity index (χ0n) is 10.0. The Morgan fingerprint density at radius 2 is 2.00 bits per heavy atom. The van der Waals surface area contributed by atoms with Crippen molar-refractivity contribution in [1.29, 1.82) is 0 Å². The molecule has 1 aromatic rings. The van der Waals surface area contributed by atoms with E-state index in [1.165, 1.54) is 12.8 Å². The van der Waals surface area contributed by atoms with Crippen molar-refractivity contribution >= 4 is 23.2 Å². The first-order valence-corrected chi connectivity index (χ1v) is 6.77. The first kappa shape index (κ1) is 13.2. The van der Waals surface area contributed by atoms with Gasteiger partial charge in [0.1, 0.15) is 0 Å². The minimum atomic E-state index is 0.656. The molecule has 4 heteroatoms. The van der Waals surface area contributed by atoms with Crippen LogP contribution in [0.1, 0.15) is 18.4 Å². The molecule has 94 valence electrons. The summed E-state index contributed by atoms with van der Waals surface area (Å²) in [7, 11) is 2.17. The third-order valence-corrected chi connectivity index (χ3v) is 3.95. The molecule has 2 nitrogen and oxygen atoms in total. The van der Waals surface area contributed by atoms with E-state index in [9.17, 15) is 0 Å². The maximum absolute atomic E-state index is 6.19. The van der Waals surface area contributed by atoms with Gasteiger partial charge in [0, 0.05) is 22.6 Å². The molecule has 0 aliphatic carbocycles. The van der Waals surface area contributed by atoms with Crippen molar-refractivity contribution in [3.05, 3.63) is 33.8 Å². The molecule has 0 aromatic heterocycles. The highest BCUT2D eigenvalue weighted by molar-refractivity contribution is 6.35. The standard InChI is InChI=1S/C13H18Cl2N2/c1-17(12-4-6-16-7-5-12)9-10-2-3-11(14)8-13(10)15/h2-3,8,12,16H,4-7,9H2,1H3. The van der Waals surface area contributed by atoms with Crippen LogP contribution in [0, 0.1) is 0 Å². The average Bonchev–Trinajstić information content (AvgIpc) is 2.34. The fourth-order valence-electron chi connectivity index (χ4n) is 2.30. The van der Waals surface area contributed by atoms with Gasteiger partial charge in [-0.3, -0.25) is 4.90 Å². The predicted molar refractivity (Wildman–Crippen MR) is 73.8 cm³/mol. The topological polar surface area (TPSA) is 15.3 Å². The number of hydrogen-bond acceptors (Lipinski definition) is 2. The van der Waals surface area contributed by atoms with E-state index in [2.05, 4.69) is 17.3 Å². The van der Waals surface area contributed by atoms with Crippen LogP contribution in [0.5, 0.6) is 0 Å². The van der Waals surface area contributed by atoms with Gasteiger partial charge in [0.15, 0.2) is 0 Å². The van der Waals surface area contributed by atoms with Gasteiger partial charge in [-0.1, -0.05) is 29.3 Å². The van der Waals surface area contributed by atoms with Gasteiger partial charge >= 0.3 is 0 Å². The summed E-state index contributed by atoms with van der Waals surface area (Å²) >= 11 is 12.1. The van der Waals surface area contributed by atoms with Crippen molar-refractivity contribution in [2.24, 2.45) is 0 Å². The van der Waals surface area contributed by atoms with E-state index in [0.717, 1.165) is 30.2 Å². The summed E-state index contributed by atoms with van der Waals surface area (Å²) in [6.07, 6.45) is 2.42. The van der Waals surface area contributed by atoms with Crippen LogP contribution in [0.25, 0.3) is 0 Å². The molecule has 1 saturated heterocycles. The van der Waals surface area contributed by atoms with Crippen LogP contribution in [0.3, 0.4) is 0 Å². The van der Waals surface area contributed by atoms with Crippen molar-refractivity contribution in [3.63, 3.8) is 0 Å². The summed E-state index contributed by atoms with van der Waals surface area (Å²) in [5.74, 6) is 0. The van der Waals surface area contributed by atoms with Gasteiger partial charge in [-0.05, 0) is 50.7 Å². The van der Waals surface area contributed by atoms with Gasteiger partial charge in [0.25, 0.3) is 0 Å². The smallest absolute Gasteiger partial charge is 0.0465 e. The molecule has 0 saturated carbocycles. The fourth-order valence-corrected chi connectivity index (χ4v) is 2.76. The van der Waals surface area contributed by atoms with Crippen LogP contribution in [0.2, 0.25) is 10.0 Å². The van der Waals surface area contributed by atoms with E-state index in [0.29, 0.717) is 11.1 Å². The maximum Gasteiger partial charge on any atom is 0.0465 e. The normalized spacial score (nSPS) is 17.6. The van der Waals surface area contributed by atoms with Gasteiger partial charge in [0.2, 0.25) is 0 Å². The lowest BCUT2D eigenvalue weighted by atomic mass is 10.0. The Balaban J connectivity index is 1.99. The second-order valence-corrected chi connectivity index (χ2v) is 5.48. The van der Waals surface area contributed by atoms with Crippen molar-refractivity contribution < 1.29 is 0 Å². The Morgan fingerprint density at radius 3 is 2.65 bits per heavy atom. The molecule has 1 N–H and O–H groups in total. The van der Waals surface area contributed by atoms with E-state index in [1.807, 2.05) is 18.2 Å². The average molecular weight is 273 g/mol. The highest BCUT2D eigenvalue weighted by Gasteiger charge is 2.18. The Morgan fingerprint density at radius 1 is 1.29 bits per heavy atom. The van der Waals surface area contributed by atoms with E-state index in [1.54, 1.807) is 0 Å². The quantitative estimate of drug-likeness (QED) is 0.910. The van der Waals surface area contributed by atoms with Gasteiger partial charge in [-0.15, -0.1) is 0 Å². The monoisotopic (exact) mass is 272 g/mol. The molecule has 0 radical (unpaired) electrons. The minimum Gasteiger partial charge on any atom is -0.317 e. The van der Waals surface area contributed by atoms with Gasteiger partial charge < -0.3 is 5.32 Å². The van der Waals surface area contributed by atoms with Crippen molar-refractivity contribution in [2.45, 2.75) is 25.4 Å². The third kappa shape index (κ3) is 3.59. The first-order valence-electron chi connectivity index (χ1n) is 6.01. The molecule has 1 aromatic carbocycles. The molecule has 17 heavy (non-hydrogen) atoms. The molecule has 0 amide bonds. The SMILES string of the molecule is CN(Cc1ccc(Cl)cc1Cl)C1CCNCC1. The summed E-state index contributed by atoms with van der Waals surface area (Å²) < 4.78 is 0. The maximum atomic E-state index is 6.19. The number of benzene rings is 1. The molecular formula is C13H18Cl2N2. The largest absolute Gasteiger partial charge is 0.317 e. The number of halogens is 2. The zero-order chi connectivity index (χ0) is 12.3. The highest BCUT2D eigenvalue weighted by atomic mass is 35.5. The zero-order valence-corrected chi connectivity index (χ0v) is 11.6. The molecule has 0 unspecified atom stereocenters. The molecular weight excluding hydrogens is 255 g/mol. The summed E-state index contributed by atoms with van der Waals surface area (Å²) in [4.78, 5) is 2.38. The summed E-state index contributed by atoms with van der Waals surface area (Å²) in [6, 6.07) is 6.39. The van der Waals surface area contributed by atoms with E-state index in [4.69, 9.17) is 23.2 Å². The summed E-state index contributed by atoms with van der Waals surface area (Å²) in [6.45, 7) is 3.12. The van der Waals surface area contributed by atoms with Gasteiger partial charge in [-0.25, -0.2) is 0 Å². The van der Waals surface area contributed by atoms with E-state index in [-0.39, 0.29) is 0 Å².